The van der Waals surface area contributed by atoms with E-state index >= 15 is 0 Å². The Morgan fingerprint density at radius 1 is 1.26 bits per heavy atom. The normalized spacial score (nSPS) is 19.4. The van der Waals surface area contributed by atoms with Crippen LogP contribution in [0, 0.1) is 11.6 Å². The molecular weight excluding hydrogens is 248 g/mol. The minimum Gasteiger partial charge on any atom is -0.322 e. The fourth-order valence-corrected chi connectivity index (χ4v) is 2.57. The van der Waals surface area contributed by atoms with Crippen molar-refractivity contribution in [2.24, 2.45) is 5.73 Å². The molecule has 1 heterocycles. The molecule has 0 bridgehead atoms. The highest BCUT2D eigenvalue weighted by Gasteiger charge is 2.36. The number of nitrogens with two attached hydrogens (primary N) is 1. The van der Waals surface area contributed by atoms with Gasteiger partial charge >= 0.3 is 0 Å². The van der Waals surface area contributed by atoms with Crippen molar-refractivity contribution in [1.82, 2.24) is 10.2 Å². The minimum absolute atomic E-state index is 0.239. The highest BCUT2D eigenvalue weighted by molar-refractivity contribution is 5.25. The molecule has 0 aliphatic carbocycles. The van der Waals surface area contributed by atoms with E-state index in [0.717, 1.165) is 38.3 Å². The summed E-state index contributed by atoms with van der Waals surface area (Å²) >= 11 is 0. The molecule has 1 aliphatic heterocycles. The topological polar surface area (TPSA) is 41.3 Å². The van der Waals surface area contributed by atoms with Gasteiger partial charge in [-0.2, -0.15) is 0 Å². The zero-order valence-corrected chi connectivity index (χ0v) is 11.4. The molecular formula is C14H21F2N3. The molecule has 0 aromatic heterocycles. The lowest BCUT2D eigenvalue weighted by atomic mass is 9.87. The molecule has 1 saturated heterocycles. The van der Waals surface area contributed by atoms with Crippen molar-refractivity contribution in [3.8, 4) is 0 Å². The molecule has 1 aromatic carbocycles. The Morgan fingerprint density at radius 2 is 1.89 bits per heavy atom. The Bertz CT molecular complexity index is 442. The summed E-state index contributed by atoms with van der Waals surface area (Å²) < 4.78 is 27.1. The number of rotatable bonds is 3. The van der Waals surface area contributed by atoms with Gasteiger partial charge in [-0.1, -0.05) is 0 Å². The summed E-state index contributed by atoms with van der Waals surface area (Å²) in [5.41, 5.74) is 6.02. The highest BCUT2D eigenvalue weighted by atomic mass is 19.1. The lowest BCUT2D eigenvalue weighted by Crippen LogP contribution is -2.57. The molecule has 3 N–H and O–H groups in total. The van der Waals surface area contributed by atoms with E-state index in [9.17, 15) is 8.78 Å². The van der Waals surface area contributed by atoms with Crippen molar-refractivity contribution in [2.75, 3.05) is 26.2 Å². The van der Waals surface area contributed by atoms with Crippen molar-refractivity contribution in [1.29, 1.82) is 0 Å². The molecule has 19 heavy (non-hydrogen) atoms. The third-order valence-electron chi connectivity index (χ3n) is 3.99. The van der Waals surface area contributed by atoms with E-state index in [4.69, 9.17) is 5.73 Å². The van der Waals surface area contributed by atoms with Gasteiger partial charge in [0.05, 0.1) is 6.04 Å². The van der Waals surface area contributed by atoms with E-state index in [0.29, 0.717) is 0 Å². The van der Waals surface area contributed by atoms with Crippen molar-refractivity contribution in [3.05, 3.63) is 35.4 Å². The van der Waals surface area contributed by atoms with Gasteiger partial charge in [-0.3, -0.25) is 4.90 Å². The summed E-state index contributed by atoms with van der Waals surface area (Å²) in [7, 11) is 0. The number of nitrogens with one attached hydrogen (secondary N) is 1. The maximum absolute atomic E-state index is 13.8. The fraction of sp³-hybridized carbons (Fsp3) is 0.571. The van der Waals surface area contributed by atoms with Crippen LogP contribution in [0.3, 0.4) is 0 Å². The number of nitrogens with zero attached hydrogens (tertiary/aromatic N) is 1. The van der Waals surface area contributed by atoms with Crippen LogP contribution in [0.1, 0.15) is 25.5 Å². The van der Waals surface area contributed by atoms with Gasteiger partial charge < -0.3 is 11.1 Å². The first kappa shape index (κ1) is 14.4. The molecule has 1 atom stereocenters. The first-order valence-corrected chi connectivity index (χ1v) is 6.59. The van der Waals surface area contributed by atoms with Gasteiger partial charge in [-0.05, 0) is 32.0 Å². The minimum atomic E-state index is -0.568. The molecule has 0 radical (unpaired) electrons. The van der Waals surface area contributed by atoms with Crippen molar-refractivity contribution >= 4 is 0 Å². The Hall–Kier alpha value is -1.04. The van der Waals surface area contributed by atoms with Gasteiger partial charge in [-0.25, -0.2) is 8.78 Å². The molecule has 1 unspecified atom stereocenters. The summed E-state index contributed by atoms with van der Waals surface area (Å²) in [6.07, 6.45) is 0. The van der Waals surface area contributed by atoms with Gasteiger partial charge in [0.25, 0.3) is 0 Å². The van der Waals surface area contributed by atoms with E-state index in [-0.39, 0.29) is 5.56 Å². The van der Waals surface area contributed by atoms with Gasteiger partial charge in [0, 0.05) is 37.3 Å². The average Bonchev–Trinajstić information content (AvgIpc) is 2.41. The summed E-state index contributed by atoms with van der Waals surface area (Å²) in [5, 5.41) is 3.27. The summed E-state index contributed by atoms with van der Waals surface area (Å²) in [4.78, 5) is 2.22. The van der Waals surface area contributed by atoms with Gasteiger partial charge in [0.2, 0.25) is 0 Å². The third-order valence-corrected chi connectivity index (χ3v) is 3.99. The molecule has 5 heteroatoms. The van der Waals surface area contributed by atoms with E-state index in [1.165, 1.54) is 6.07 Å². The molecule has 0 amide bonds. The maximum Gasteiger partial charge on any atom is 0.128 e. The van der Waals surface area contributed by atoms with E-state index in [2.05, 4.69) is 10.2 Å². The van der Waals surface area contributed by atoms with Gasteiger partial charge in [0.15, 0.2) is 0 Å². The van der Waals surface area contributed by atoms with Crippen LogP contribution in [0.2, 0.25) is 0 Å². The lowest BCUT2D eigenvalue weighted by Gasteiger charge is -2.45. The molecule has 1 aliphatic rings. The van der Waals surface area contributed by atoms with Crippen molar-refractivity contribution in [2.45, 2.75) is 25.4 Å². The Kier molecular flexibility index (Phi) is 4.18. The second-order valence-electron chi connectivity index (χ2n) is 5.53. The SMILES string of the molecule is CC(C)(C(N)c1cc(F)ccc1F)N1CCNCC1. The third kappa shape index (κ3) is 2.94. The molecule has 0 saturated carbocycles. The standard InChI is InChI=1S/C14H21F2N3/c1-14(2,19-7-5-18-6-8-19)13(17)11-9-10(15)3-4-12(11)16/h3-4,9,13,18H,5-8,17H2,1-2H3. The molecule has 2 rings (SSSR count). The van der Waals surface area contributed by atoms with Crippen LogP contribution in [0.5, 0.6) is 0 Å². The molecule has 106 valence electrons. The first-order valence-electron chi connectivity index (χ1n) is 6.59. The van der Waals surface area contributed by atoms with Gasteiger partial charge in [-0.15, -0.1) is 0 Å². The molecule has 1 fully saturated rings. The number of benzene rings is 1. The van der Waals surface area contributed by atoms with E-state index < -0.39 is 23.2 Å². The second-order valence-corrected chi connectivity index (χ2v) is 5.53. The van der Waals surface area contributed by atoms with Crippen LogP contribution in [-0.4, -0.2) is 36.6 Å². The Balaban J connectivity index is 2.25. The first-order chi connectivity index (χ1) is 8.93. The predicted molar refractivity (Wildman–Crippen MR) is 71.8 cm³/mol. The number of hydrogen-bond donors (Lipinski definition) is 2. The van der Waals surface area contributed by atoms with E-state index in [1.807, 2.05) is 13.8 Å². The summed E-state index contributed by atoms with van der Waals surface area (Å²) in [6.45, 7) is 7.46. The van der Waals surface area contributed by atoms with Crippen molar-refractivity contribution in [3.63, 3.8) is 0 Å². The zero-order valence-electron chi connectivity index (χ0n) is 11.4. The number of halogens is 2. The van der Waals surface area contributed by atoms with Crippen LogP contribution < -0.4 is 11.1 Å². The summed E-state index contributed by atoms with van der Waals surface area (Å²) in [5.74, 6) is -0.903. The number of piperazine rings is 1. The quantitative estimate of drug-likeness (QED) is 0.876. The maximum atomic E-state index is 13.8. The number of hydrogen-bond acceptors (Lipinski definition) is 3. The fourth-order valence-electron chi connectivity index (χ4n) is 2.57. The lowest BCUT2D eigenvalue weighted by molar-refractivity contribution is 0.0789. The van der Waals surface area contributed by atoms with Crippen LogP contribution in [0.4, 0.5) is 8.78 Å². The largest absolute Gasteiger partial charge is 0.322 e. The smallest absolute Gasteiger partial charge is 0.128 e. The summed E-state index contributed by atoms with van der Waals surface area (Å²) in [6, 6.07) is 2.88. The monoisotopic (exact) mass is 269 g/mol. The Morgan fingerprint density at radius 3 is 2.53 bits per heavy atom. The van der Waals surface area contributed by atoms with Gasteiger partial charge in [0.1, 0.15) is 11.6 Å². The van der Waals surface area contributed by atoms with E-state index in [1.54, 1.807) is 0 Å². The molecule has 0 spiro atoms. The molecule has 3 nitrogen and oxygen atoms in total. The second kappa shape index (κ2) is 5.53. The van der Waals surface area contributed by atoms with Crippen LogP contribution in [0.15, 0.2) is 18.2 Å². The predicted octanol–water partition coefficient (Wildman–Crippen LogP) is 1.65. The zero-order chi connectivity index (χ0) is 14.0. The highest BCUT2D eigenvalue weighted by Crippen LogP contribution is 2.31. The average molecular weight is 269 g/mol. The van der Waals surface area contributed by atoms with Crippen LogP contribution in [0.25, 0.3) is 0 Å². The Labute approximate surface area is 112 Å². The van der Waals surface area contributed by atoms with Crippen LogP contribution >= 0.6 is 0 Å². The molecule has 1 aromatic rings. The van der Waals surface area contributed by atoms with Crippen molar-refractivity contribution < 1.29 is 8.78 Å². The van der Waals surface area contributed by atoms with Crippen LogP contribution in [-0.2, 0) is 0 Å².